The largest absolute Gasteiger partial charge is 0.433 e. The second kappa shape index (κ2) is 8.17. The molecule has 12 heteroatoms. The molecule has 0 amide bonds. The molecule has 31 heavy (non-hydrogen) atoms. The molecule has 0 aliphatic heterocycles. The van der Waals surface area contributed by atoms with Gasteiger partial charge in [0.05, 0.1) is 23.5 Å². The van der Waals surface area contributed by atoms with E-state index in [2.05, 4.69) is 20.3 Å². The van der Waals surface area contributed by atoms with Gasteiger partial charge in [0.2, 0.25) is 0 Å². The van der Waals surface area contributed by atoms with Gasteiger partial charge in [0.15, 0.2) is 0 Å². The fourth-order valence-electron chi connectivity index (χ4n) is 2.67. The van der Waals surface area contributed by atoms with Crippen molar-refractivity contribution in [1.29, 1.82) is 5.26 Å². The first-order valence-electron chi connectivity index (χ1n) is 8.40. The van der Waals surface area contributed by atoms with E-state index in [1.807, 2.05) is 0 Å². The lowest BCUT2D eigenvalue weighted by Crippen LogP contribution is -2.18. The Morgan fingerprint density at radius 3 is 2.16 bits per heavy atom. The second-order valence-electron chi connectivity index (χ2n) is 6.10. The molecule has 0 atom stereocenters. The summed E-state index contributed by atoms with van der Waals surface area (Å²) in [6, 6.07) is 6.10. The Kier molecular flexibility index (Phi) is 5.79. The molecular formula is C19H10F7N5. The highest BCUT2D eigenvalue weighted by Gasteiger charge is 2.41. The normalized spacial score (nSPS) is 11.8. The van der Waals surface area contributed by atoms with E-state index in [-0.39, 0.29) is 17.5 Å². The van der Waals surface area contributed by atoms with Crippen molar-refractivity contribution in [2.24, 2.45) is 0 Å². The van der Waals surface area contributed by atoms with Crippen LogP contribution in [0.4, 0.5) is 36.6 Å². The number of alkyl halides is 6. The average molecular weight is 441 g/mol. The minimum absolute atomic E-state index is 0.130. The molecule has 3 aromatic rings. The van der Waals surface area contributed by atoms with Gasteiger partial charge < -0.3 is 5.32 Å². The third-order valence-electron chi connectivity index (χ3n) is 4.04. The highest BCUT2D eigenvalue weighted by molar-refractivity contribution is 5.63. The number of nitrogens with one attached hydrogen (secondary N) is 1. The summed E-state index contributed by atoms with van der Waals surface area (Å²) in [5, 5.41) is 11.5. The molecule has 0 aliphatic rings. The van der Waals surface area contributed by atoms with Crippen LogP contribution in [-0.2, 0) is 18.9 Å². The third-order valence-corrected chi connectivity index (χ3v) is 4.04. The Balaban J connectivity index is 2.03. The van der Waals surface area contributed by atoms with Crippen LogP contribution in [0.15, 0.2) is 42.7 Å². The van der Waals surface area contributed by atoms with Gasteiger partial charge in [-0.2, -0.15) is 31.6 Å². The van der Waals surface area contributed by atoms with E-state index in [1.54, 1.807) is 0 Å². The maximum absolute atomic E-state index is 13.2. The van der Waals surface area contributed by atoms with Crippen molar-refractivity contribution in [3.8, 4) is 17.3 Å². The number of benzene rings is 1. The van der Waals surface area contributed by atoms with Crippen molar-refractivity contribution >= 4 is 5.82 Å². The Morgan fingerprint density at radius 2 is 1.58 bits per heavy atom. The van der Waals surface area contributed by atoms with Gasteiger partial charge in [0.25, 0.3) is 0 Å². The molecule has 0 aliphatic carbocycles. The van der Waals surface area contributed by atoms with Gasteiger partial charge in [0.1, 0.15) is 29.0 Å². The van der Waals surface area contributed by atoms with E-state index in [1.165, 1.54) is 30.6 Å². The molecule has 1 aromatic carbocycles. The van der Waals surface area contributed by atoms with Gasteiger partial charge >= 0.3 is 12.4 Å². The summed E-state index contributed by atoms with van der Waals surface area (Å²) < 4.78 is 92.0. The lowest BCUT2D eigenvalue weighted by Gasteiger charge is -2.17. The molecule has 2 aromatic heterocycles. The first kappa shape index (κ1) is 21.9. The van der Waals surface area contributed by atoms with Crippen molar-refractivity contribution in [2.75, 3.05) is 5.32 Å². The van der Waals surface area contributed by atoms with Gasteiger partial charge in [-0.3, -0.25) is 9.97 Å². The van der Waals surface area contributed by atoms with Crippen LogP contribution in [0.3, 0.4) is 0 Å². The van der Waals surface area contributed by atoms with Crippen LogP contribution in [0.1, 0.15) is 22.5 Å². The first-order valence-corrected chi connectivity index (χ1v) is 8.40. The quantitative estimate of drug-likeness (QED) is 0.564. The molecule has 1 N–H and O–H groups in total. The zero-order chi connectivity index (χ0) is 22.8. The van der Waals surface area contributed by atoms with E-state index in [0.29, 0.717) is 5.56 Å². The number of hydrogen-bond donors (Lipinski definition) is 1. The molecule has 0 unspecified atom stereocenters. The zero-order valence-corrected chi connectivity index (χ0v) is 15.2. The number of nitrogens with zero attached hydrogens (tertiary/aromatic N) is 4. The predicted octanol–water partition coefficient (Wildman–Crippen LogP) is 5.20. The molecule has 0 fully saturated rings. The van der Waals surface area contributed by atoms with Crippen LogP contribution < -0.4 is 5.32 Å². The summed E-state index contributed by atoms with van der Waals surface area (Å²) in [5.41, 5.74) is -3.90. The average Bonchev–Trinajstić information content (AvgIpc) is 2.71. The molecule has 3 rings (SSSR count). The van der Waals surface area contributed by atoms with E-state index < -0.39 is 47.4 Å². The van der Waals surface area contributed by atoms with Crippen molar-refractivity contribution in [3.05, 3.63) is 71.1 Å². The Labute approximate surface area is 170 Å². The molecule has 0 spiro atoms. The fourth-order valence-corrected chi connectivity index (χ4v) is 2.67. The number of nitriles is 1. The Bertz CT molecular complexity index is 1130. The molecule has 2 heterocycles. The Hall–Kier alpha value is -3.75. The van der Waals surface area contributed by atoms with Crippen LogP contribution in [0.2, 0.25) is 0 Å². The molecule has 0 radical (unpaired) electrons. The van der Waals surface area contributed by atoms with Crippen LogP contribution in [0.25, 0.3) is 11.3 Å². The highest BCUT2D eigenvalue weighted by atomic mass is 19.4. The number of anilines is 1. The van der Waals surface area contributed by atoms with Crippen LogP contribution in [0.5, 0.6) is 0 Å². The monoisotopic (exact) mass is 441 g/mol. The number of pyridine rings is 1. The van der Waals surface area contributed by atoms with Crippen molar-refractivity contribution in [2.45, 2.75) is 18.9 Å². The van der Waals surface area contributed by atoms with E-state index in [4.69, 9.17) is 5.26 Å². The minimum atomic E-state index is -5.21. The van der Waals surface area contributed by atoms with E-state index in [0.717, 1.165) is 12.1 Å². The second-order valence-corrected chi connectivity index (χ2v) is 6.10. The van der Waals surface area contributed by atoms with Crippen molar-refractivity contribution in [3.63, 3.8) is 0 Å². The van der Waals surface area contributed by atoms with Gasteiger partial charge in [-0.1, -0.05) is 0 Å². The maximum Gasteiger partial charge on any atom is 0.433 e. The van der Waals surface area contributed by atoms with Gasteiger partial charge in [-0.05, 0) is 30.3 Å². The van der Waals surface area contributed by atoms with Crippen LogP contribution >= 0.6 is 0 Å². The summed E-state index contributed by atoms with van der Waals surface area (Å²) in [4.78, 5) is 11.3. The zero-order valence-electron chi connectivity index (χ0n) is 15.2. The number of aromatic nitrogens is 3. The summed E-state index contributed by atoms with van der Waals surface area (Å²) in [6.07, 6.45) is -7.81. The topological polar surface area (TPSA) is 74.5 Å². The number of rotatable bonds is 4. The molecule has 5 nitrogen and oxygen atoms in total. The third kappa shape index (κ3) is 4.88. The van der Waals surface area contributed by atoms with Crippen LogP contribution in [-0.4, -0.2) is 15.0 Å². The van der Waals surface area contributed by atoms with Crippen molar-refractivity contribution in [1.82, 2.24) is 15.0 Å². The standard InChI is InChI=1S/C19H10F7N5/c20-11-3-1-10(2-4-11)16-14(28-5-6-29-16)9-30-17-12(8-27)13(18(21,22)23)7-15(31-17)19(24,25)26/h1-7H,9H2,(H,30,31). The maximum atomic E-state index is 13.2. The summed E-state index contributed by atoms with van der Waals surface area (Å²) in [6.45, 7) is -0.402. The molecular weight excluding hydrogens is 431 g/mol. The highest BCUT2D eigenvalue weighted by Crippen LogP contribution is 2.38. The molecule has 0 saturated heterocycles. The van der Waals surface area contributed by atoms with Gasteiger partial charge in [-0.15, -0.1) is 0 Å². The summed E-state index contributed by atoms with van der Waals surface area (Å²) >= 11 is 0. The number of halogens is 7. The lowest BCUT2D eigenvalue weighted by atomic mass is 10.1. The van der Waals surface area contributed by atoms with Crippen LogP contribution in [0, 0.1) is 17.1 Å². The van der Waals surface area contributed by atoms with E-state index in [9.17, 15) is 30.7 Å². The smallest absolute Gasteiger partial charge is 0.363 e. The Morgan fingerprint density at radius 1 is 0.935 bits per heavy atom. The van der Waals surface area contributed by atoms with Gasteiger partial charge in [0, 0.05) is 18.0 Å². The molecule has 0 saturated carbocycles. The first-order chi connectivity index (χ1) is 14.5. The molecule has 0 bridgehead atoms. The fraction of sp³-hybridized carbons (Fsp3) is 0.158. The van der Waals surface area contributed by atoms with Gasteiger partial charge in [-0.25, -0.2) is 9.37 Å². The SMILES string of the molecule is N#Cc1c(C(F)(F)F)cc(C(F)(F)F)nc1NCc1nccnc1-c1ccc(F)cc1. The van der Waals surface area contributed by atoms with E-state index >= 15 is 0 Å². The minimum Gasteiger partial charge on any atom is -0.363 e. The number of hydrogen-bond acceptors (Lipinski definition) is 5. The summed E-state index contributed by atoms with van der Waals surface area (Å²) in [7, 11) is 0. The lowest BCUT2D eigenvalue weighted by molar-refractivity contribution is -0.145. The van der Waals surface area contributed by atoms with Crippen molar-refractivity contribution < 1.29 is 30.7 Å². The molecule has 160 valence electrons. The summed E-state index contributed by atoms with van der Waals surface area (Å²) in [5.74, 6) is -1.42. The predicted molar refractivity (Wildman–Crippen MR) is 93.7 cm³/mol.